The monoisotopic (exact) mass is 305 g/mol. The first-order chi connectivity index (χ1) is 8.96. The Morgan fingerprint density at radius 1 is 1.21 bits per heavy atom. The van der Waals surface area contributed by atoms with Crippen LogP contribution in [-0.2, 0) is 9.84 Å². The van der Waals surface area contributed by atoms with Gasteiger partial charge in [-0.15, -0.1) is 0 Å². The summed E-state index contributed by atoms with van der Waals surface area (Å²) in [6, 6.07) is 0.227. The molecule has 1 saturated carbocycles. The van der Waals surface area contributed by atoms with E-state index in [4.69, 9.17) is 0 Å². The standard InChI is InChI=1S/C14H27NO2S2/c1-15(13-6-9-19(16,17)10-13)11-14(12-18)7-4-2-3-5-8-14/h13,18H,2-12H2,1H3. The topological polar surface area (TPSA) is 37.4 Å². The number of hydrogen-bond donors (Lipinski definition) is 1. The Kier molecular flexibility index (Phi) is 5.23. The van der Waals surface area contributed by atoms with Gasteiger partial charge in [-0.1, -0.05) is 25.7 Å². The van der Waals surface area contributed by atoms with E-state index in [9.17, 15) is 8.42 Å². The van der Waals surface area contributed by atoms with Gasteiger partial charge in [-0.05, 0) is 37.5 Å². The van der Waals surface area contributed by atoms with Crippen LogP contribution >= 0.6 is 12.6 Å². The lowest BCUT2D eigenvalue weighted by Crippen LogP contribution is -2.42. The average Bonchev–Trinajstić information content (AvgIpc) is 2.60. The average molecular weight is 306 g/mol. The Morgan fingerprint density at radius 3 is 2.32 bits per heavy atom. The van der Waals surface area contributed by atoms with Crippen LogP contribution in [0.3, 0.4) is 0 Å². The lowest BCUT2D eigenvalue weighted by Gasteiger charge is -2.37. The van der Waals surface area contributed by atoms with Gasteiger partial charge < -0.3 is 4.90 Å². The Balaban J connectivity index is 1.97. The lowest BCUT2D eigenvalue weighted by atomic mass is 9.81. The summed E-state index contributed by atoms with van der Waals surface area (Å²) >= 11 is 4.60. The van der Waals surface area contributed by atoms with Crippen LogP contribution in [0, 0.1) is 5.41 Å². The van der Waals surface area contributed by atoms with Crippen LogP contribution in [0.25, 0.3) is 0 Å². The van der Waals surface area contributed by atoms with Crippen molar-refractivity contribution >= 4 is 22.5 Å². The highest BCUT2D eigenvalue weighted by atomic mass is 32.2. The molecule has 0 bridgehead atoms. The molecule has 0 amide bonds. The third-order valence-electron chi connectivity index (χ3n) is 4.92. The first kappa shape index (κ1) is 15.6. The molecule has 2 rings (SSSR count). The van der Waals surface area contributed by atoms with Crippen LogP contribution in [0.15, 0.2) is 0 Å². The molecule has 3 nitrogen and oxygen atoms in total. The second kappa shape index (κ2) is 6.35. The van der Waals surface area contributed by atoms with Crippen molar-refractivity contribution in [1.29, 1.82) is 0 Å². The van der Waals surface area contributed by atoms with Crippen molar-refractivity contribution in [2.75, 3.05) is 30.9 Å². The largest absolute Gasteiger partial charge is 0.302 e. The van der Waals surface area contributed by atoms with Gasteiger partial charge in [-0.3, -0.25) is 0 Å². The fourth-order valence-corrected chi connectivity index (χ4v) is 5.85. The highest BCUT2D eigenvalue weighted by Crippen LogP contribution is 2.37. The van der Waals surface area contributed by atoms with Crippen LogP contribution in [0.5, 0.6) is 0 Å². The van der Waals surface area contributed by atoms with E-state index in [0.29, 0.717) is 16.9 Å². The number of nitrogens with zero attached hydrogens (tertiary/aromatic N) is 1. The van der Waals surface area contributed by atoms with Gasteiger partial charge in [-0.2, -0.15) is 12.6 Å². The summed E-state index contributed by atoms with van der Waals surface area (Å²) < 4.78 is 23.2. The number of hydrogen-bond acceptors (Lipinski definition) is 4. The fourth-order valence-electron chi connectivity index (χ4n) is 3.63. The molecule has 5 heteroatoms. The molecule has 1 heterocycles. The molecule has 0 radical (unpaired) electrons. The molecule has 112 valence electrons. The minimum Gasteiger partial charge on any atom is -0.302 e. The molecule has 0 aromatic heterocycles. The molecule has 0 aromatic carbocycles. The molecule has 0 spiro atoms. The molecule has 1 aliphatic heterocycles. The third-order valence-corrected chi connectivity index (χ3v) is 7.34. The zero-order valence-electron chi connectivity index (χ0n) is 12.0. The van der Waals surface area contributed by atoms with E-state index in [0.717, 1.165) is 18.7 Å². The van der Waals surface area contributed by atoms with E-state index in [1.165, 1.54) is 38.5 Å². The summed E-state index contributed by atoms with van der Waals surface area (Å²) in [4.78, 5) is 2.30. The summed E-state index contributed by atoms with van der Waals surface area (Å²) in [5.74, 6) is 1.65. The molecule has 2 fully saturated rings. The predicted octanol–water partition coefficient (Wildman–Crippen LogP) is 2.38. The summed E-state index contributed by atoms with van der Waals surface area (Å²) in [7, 11) is -0.677. The first-order valence-electron chi connectivity index (χ1n) is 7.48. The molecule has 19 heavy (non-hydrogen) atoms. The van der Waals surface area contributed by atoms with Crippen molar-refractivity contribution in [2.24, 2.45) is 5.41 Å². The van der Waals surface area contributed by atoms with Crippen molar-refractivity contribution in [3.8, 4) is 0 Å². The maximum Gasteiger partial charge on any atom is 0.151 e. The zero-order chi connectivity index (χ0) is 13.9. The summed E-state index contributed by atoms with van der Waals surface area (Å²) in [5.41, 5.74) is 0.306. The highest BCUT2D eigenvalue weighted by molar-refractivity contribution is 7.91. The molecule has 1 atom stereocenters. The molecule has 0 aromatic rings. The molecule has 0 N–H and O–H groups in total. The minimum absolute atomic E-state index is 0.227. The van der Waals surface area contributed by atoms with Crippen molar-refractivity contribution in [3.63, 3.8) is 0 Å². The van der Waals surface area contributed by atoms with E-state index in [1.807, 2.05) is 0 Å². The van der Waals surface area contributed by atoms with Crippen molar-refractivity contribution < 1.29 is 8.42 Å². The molecule has 2 aliphatic rings. The van der Waals surface area contributed by atoms with Gasteiger partial charge in [0.25, 0.3) is 0 Å². The molecular weight excluding hydrogens is 278 g/mol. The van der Waals surface area contributed by atoms with E-state index >= 15 is 0 Å². The molecule has 1 aliphatic carbocycles. The maximum absolute atomic E-state index is 11.6. The second-order valence-electron chi connectivity index (χ2n) is 6.54. The molecular formula is C14H27NO2S2. The highest BCUT2D eigenvalue weighted by Gasteiger charge is 2.36. The summed E-state index contributed by atoms with van der Waals surface area (Å²) in [6.07, 6.45) is 8.60. The van der Waals surface area contributed by atoms with Gasteiger partial charge >= 0.3 is 0 Å². The Bertz CT molecular complexity index is 386. The molecule has 1 saturated heterocycles. The Hall–Kier alpha value is 0.260. The van der Waals surface area contributed by atoms with Gasteiger partial charge in [-0.25, -0.2) is 8.42 Å². The van der Waals surface area contributed by atoms with Crippen molar-refractivity contribution in [1.82, 2.24) is 4.90 Å². The van der Waals surface area contributed by atoms with E-state index in [-0.39, 0.29) is 6.04 Å². The van der Waals surface area contributed by atoms with E-state index in [1.54, 1.807) is 0 Å². The normalized spacial score (nSPS) is 30.4. The van der Waals surface area contributed by atoms with Gasteiger partial charge in [0, 0.05) is 12.6 Å². The first-order valence-corrected chi connectivity index (χ1v) is 9.93. The fraction of sp³-hybridized carbons (Fsp3) is 1.00. The Morgan fingerprint density at radius 2 is 1.84 bits per heavy atom. The summed E-state index contributed by atoms with van der Waals surface area (Å²) in [5, 5.41) is 0. The van der Waals surface area contributed by atoms with Gasteiger partial charge in [0.1, 0.15) is 0 Å². The predicted molar refractivity (Wildman–Crippen MR) is 83.7 cm³/mol. The zero-order valence-corrected chi connectivity index (χ0v) is 13.7. The van der Waals surface area contributed by atoms with Crippen LogP contribution < -0.4 is 0 Å². The van der Waals surface area contributed by atoms with Gasteiger partial charge in [0.15, 0.2) is 9.84 Å². The smallest absolute Gasteiger partial charge is 0.151 e. The van der Waals surface area contributed by atoms with Crippen LogP contribution in [0.4, 0.5) is 0 Å². The third kappa shape index (κ3) is 4.11. The van der Waals surface area contributed by atoms with E-state index in [2.05, 4.69) is 24.6 Å². The van der Waals surface area contributed by atoms with Crippen LogP contribution in [0.1, 0.15) is 44.9 Å². The van der Waals surface area contributed by atoms with Crippen molar-refractivity contribution in [2.45, 2.75) is 51.0 Å². The summed E-state index contributed by atoms with van der Waals surface area (Å²) in [6.45, 7) is 1.01. The molecule has 1 unspecified atom stereocenters. The number of thiol groups is 1. The van der Waals surface area contributed by atoms with Crippen LogP contribution in [-0.4, -0.2) is 50.2 Å². The lowest BCUT2D eigenvalue weighted by molar-refractivity contribution is 0.145. The maximum atomic E-state index is 11.6. The minimum atomic E-state index is -2.78. The van der Waals surface area contributed by atoms with Gasteiger partial charge in [0.2, 0.25) is 0 Å². The number of sulfone groups is 1. The van der Waals surface area contributed by atoms with Crippen molar-refractivity contribution in [3.05, 3.63) is 0 Å². The SMILES string of the molecule is CN(CC1(CS)CCCCCC1)C1CCS(=O)(=O)C1. The number of rotatable bonds is 4. The second-order valence-corrected chi connectivity index (χ2v) is 9.09. The van der Waals surface area contributed by atoms with Gasteiger partial charge in [0.05, 0.1) is 11.5 Å². The van der Waals surface area contributed by atoms with E-state index < -0.39 is 9.84 Å². The quantitative estimate of drug-likeness (QED) is 0.640. The van der Waals surface area contributed by atoms with Crippen LogP contribution in [0.2, 0.25) is 0 Å². The Labute approximate surface area is 123 Å².